The molecule has 3 heteroatoms. The van der Waals surface area contributed by atoms with Gasteiger partial charge in [-0.1, -0.05) is 19.8 Å². The van der Waals surface area contributed by atoms with Crippen molar-refractivity contribution in [2.24, 2.45) is 17.8 Å². The van der Waals surface area contributed by atoms with Crippen molar-refractivity contribution in [1.82, 2.24) is 0 Å². The Balaban J connectivity index is 2.47. The number of thioether (sulfide) groups is 1. The monoisotopic (exact) mass is 258 g/mol. The lowest BCUT2D eigenvalue weighted by atomic mass is 9.71. The van der Waals surface area contributed by atoms with E-state index in [-0.39, 0.29) is 5.92 Å². The van der Waals surface area contributed by atoms with E-state index in [4.69, 9.17) is 0 Å². The van der Waals surface area contributed by atoms with Gasteiger partial charge in [-0.25, -0.2) is 0 Å². The molecule has 0 aromatic heterocycles. The predicted octanol–water partition coefficient (Wildman–Crippen LogP) is 4.05. The first-order valence-corrected chi connectivity index (χ1v) is 8.30. The quantitative estimate of drug-likeness (QED) is 0.700. The molecule has 100 valence electrons. The highest BCUT2D eigenvalue weighted by Crippen LogP contribution is 2.38. The highest BCUT2D eigenvalue weighted by molar-refractivity contribution is 7.98. The second kappa shape index (κ2) is 8.02. The third kappa shape index (κ3) is 4.90. The number of carboxylic acids is 1. The highest BCUT2D eigenvalue weighted by atomic mass is 32.2. The normalized spacial score (nSPS) is 29.2. The number of hydrogen-bond donors (Lipinski definition) is 1. The Bertz CT molecular complexity index is 230. The molecule has 17 heavy (non-hydrogen) atoms. The Labute approximate surface area is 110 Å². The molecule has 0 aromatic carbocycles. The number of rotatable bonds is 7. The Morgan fingerprint density at radius 3 is 2.71 bits per heavy atom. The van der Waals surface area contributed by atoms with Gasteiger partial charge in [-0.05, 0) is 55.9 Å². The van der Waals surface area contributed by atoms with Crippen molar-refractivity contribution in [1.29, 1.82) is 0 Å². The maximum Gasteiger partial charge on any atom is 0.306 e. The van der Waals surface area contributed by atoms with E-state index in [0.29, 0.717) is 5.92 Å². The fourth-order valence-electron chi connectivity index (χ4n) is 3.17. The second-order valence-corrected chi connectivity index (χ2v) is 6.29. The van der Waals surface area contributed by atoms with Crippen LogP contribution in [0.4, 0.5) is 0 Å². The minimum Gasteiger partial charge on any atom is -0.481 e. The maximum absolute atomic E-state index is 11.3. The molecule has 0 aliphatic heterocycles. The SMILES string of the molecule is CCCC1CCC(C(=O)O)C(CCCSC)C1. The number of hydrogen-bond acceptors (Lipinski definition) is 2. The standard InChI is InChI=1S/C14H26O2S/c1-3-5-11-7-8-13(14(15)16)12(10-11)6-4-9-17-2/h11-13H,3-10H2,1-2H3,(H,15,16). The van der Waals surface area contributed by atoms with Crippen molar-refractivity contribution in [3.8, 4) is 0 Å². The fourth-order valence-corrected chi connectivity index (χ4v) is 3.62. The Hall–Kier alpha value is -0.180. The molecule has 2 nitrogen and oxygen atoms in total. The molecule has 0 amide bonds. The lowest BCUT2D eigenvalue weighted by Gasteiger charge is -2.34. The summed E-state index contributed by atoms with van der Waals surface area (Å²) in [7, 11) is 0. The first-order chi connectivity index (χ1) is 8.19. The van der Waals surface area contributed by atoms with Gasteiger partial charge < -0.3 is 5.11 Å². The van der Waals surface area contributed by atoms with E-state index in [1.54, 1.807) is 0 Å². The van der Waals surface area contributed by atoms with Crippen LogP contribution in [0, 0.1) is 17.8 Å². The van der Waals surface area contributed by atoms with Gasteiger partial charge in [-0.3, -0.25) is 4.79 Å². The minimum atomic E-state index is -0.561. The van der Waals surface area contributed by atoms with Crippen LogP contribution in [0.15, 0.2) is 0 Å². The zero-order valence-corrected chi connectivity index (χ0v) is 12.0. The molecular formula is C14H26O2S. The van der Waals surface area contributed by atoms with E-state index in [1.165, 1.54) is 25.0 Å². The van der Waals surface area contributed by atoms with Crippen LogP contribution in [0.3, 0.4) is 0 Å². The molecule has 0 aromatic rings. The van der Waals surface area contributed by atoms with Gasteiger partial charge in [0.15, 0.2) is 0 Å². The maximum atomic E-state index is 11.3. The van der Waals surface area contributed by atoms with Gasteiger partial charge in [0, 0.05) is 0 Å². The Morgan fingerprint density at radius 2 is 2.12 bits per heavy atom. The molecule has 1 N–H and O–H groups in total. The van der Waals surface area contributed by atoms with Gasteiger partial charge in [0.1, 0.15) is 0 Å². The molecule has 3 atom stereocenters. The summed E-state index contributed by atoms with van der Waals surface area (Å²) in [6, 6.07) is 0. The van der Waals surface area contributed by atoms with Crippen molar-refractivity contribution in [2.75, 3.05) is 12.0 Å². The minimum absolute atomic E-state index is 0.0648. The number of aliphatic carboxylic acids is 1. The molecule has 0 heterocycles. The zero-order chi connectivity index (χ0) is 12.7. The van der Waals surface area contributed by atoms with Crippen molar-refractivity contribution in [2.45, 2.75) is 51.9 Å². The molecule has 1 rings (SSSR count). The van der Waals surface area contributed by atoms with E-state index in [1.807, 2.05) is 11.8 Å². The molecule has 1 saturated carbocycles. The average Bonchev–Trinajstić information content (AvgIpc) is 2.30. The largest absolute Gasteiger partial charge is 0.481 e. The third-order valence-electron chi connectivity index (χ3n) is 4.03. The molecule has 1 aliphatic carbocycles. The van der Waals surface area contributed by atoms with Crippen LogP contribution >= 0.6 is 11.8 Å². The Kier molecular flexibility index (Phi) is 7.02. The summed E-state index contributed by atoms with van der Waals surface area (Å²) in [6.45, 7) is 2.23. The van der Waals surface area contributed by atoms with Crippen LogP contribution < -0.4 is 0 Å². The van der Waals surface area contributed by atoms with Gasteiger partial charge in [0.05, 0.1) is 5.92 Å². The summed E-state index contributed by atoms with van der Waals surface area (Å²) >= 11 is 1.86. The summed E-state index contributed by atoms with van der Waals surface area (Å²) in [6.07, 6.45) is 10.1. The van der Waals surface area contributed by atoms with Crippen LogP contribution in [-0.2, 0) is 4.79 Å². The molecular weight excluding hydrogens is 232 g/mol. The van der Waals surface area contributed by atoms with E-state index in [0.717, 1.165) is 31.6 Å². The van der Waals surface area contributed by atoms with Crippen LogP contribution in [0.1, 0.15) is 51.9 Å². The van der Waals surface area contributed by atoms with E-state index >= 15 is 0 Å². The summed E-state index contributed by atoms with van der Waals surface area (Å²) in [4.78, 5) is 11.3. The summed E-state index contributed by atoms with van der Waals surface area (Å²) in [5.74, 6) is 1.76. The fraction of sp³-hybridized carbons (Fsp3) is 0.929. The zero-order valence-electron chi connectivity index (χ0n) is 11.2. The van der Waals surface area contributed by atoms with Gasteiger partial charge in [-0.2, -0.15) is 11.8 Å². The lowest BCUT2D eigenvalue weighted by Crippen LogP contribution is -2.30. The first kappa shape index (κ1) is 14.9. The molecule has 0 bridgehead atoms. The Morgan fingerprint density at radius 1 is 1.35 bits per heavy atom. The predicted molar refractivity (Wildman–Crippen MR) is 74.5 cm³/mol. The highest BCUT2D eigenvalue weighted by Gasteiger charge is 2.33. The van der Waals surface area contributed by atoms with E-state index < -0.39 is 5.97 Å². The summed E-state index contributed by atoms with van der Waals surface area (Å²) < 4.78 is 0. The van der Waals surface area contributed by atoms with Gasteiger partial charge in [0.2, 0.25) is 0 Å². The van der Waals surface area contributed by atoms with Gasteiger partial charge >= 0.3 is 5.97 Å². The van der Waals surface area contributed by atoms with E-state index in [9.17, 15) is 9.90 Å². The smallest absolute Gasteiger partial charge is 0.306 e. The first-order valence-electron chi connectivity index (χ1n) is 6.90. The van der Waals surface area contributed by atoms with Gasteiger partial charge in [-0.15, -0.1) is 0 Å². The van der Waals surface area contributed by atoms with Crippen molar-refractivity contribution in [3.05, 3.63) is 0 Å². The van der Waals surface area contributed by atoms with Crippen molar-refractivity contribution < 1.29 is 9.90 Å². The van der Waals surface area contributed by atoms with Crippen LogP contribution in [0.5, 0.6) is 0 Å². The molecule has 1 fully saturated rings. The van der Waals surface area contributed by atoms with Crippen LogP contribution in [-0.4, -0.2) is 23.1 Å². The molecule has 1 aliphatic rings. The molecule has 0 radical (unpaired) electrons. The summed E-state index contributed by atoms with van der Waals surface area (Å²) in [5.41, 5.74) is 0. The van der Waals surface area contributed by atoms with Gasteiger partial charge in [0.25, 0.3) is 0 Å². The van der Waals surface area contributed by atoms with E-state index in [2.05, 4.69) is 13.2 Å². The molecule has 0 saturated heterocycles. The second-order valence-electron chi connectivity index (χ2n) is 5.31. The summed E-state index contributed by atoms with van der Waals surface area (Å²) in [5, 5.41) is 9.28. The lowest BCUT2D eigenvalue weighted by molar-refractivity contribution is -0.145. The van der Waals surface area contributed by atoms with Crippen molar-refractivity contribution >= 4 is 17.7 Å². The average molecular weight is 258 g/mol. The number of carbonyl (C=O) groups is 1. The van der Waals surface area contributed by atoms with Crippen LogP contribution in [0.2, 0.25) is 0 Å². The molecule has 3 unspecified atom stereocenters. The topological polar surface area (TPSA) is 37.3 Å². The van der Waals surface area contributed by atoms with Crippen molar-refractivity contribution in [3.63, 3.8) is 0 Å². The number of carboxylic acid groups (broad SMARTS) is 1. The van der Waals surface area contributed by atoms with Crippen LogP contribution in [0.25, 0.3) is 0 Å². The third-order valence-corrected chi connectivity index (χ3v) is 4.73. The molecule has 0 spiro atoms.